The number of nitrogens with one attached hydrogen (secondary N) is 2. The molecule has 0 aliphatic rings. The zero-order valence-corrected chi connectivity index (χ0v) is 15.1. The lowest BCUT2D eigenvalue weighted by Crippen LogP contribution is -2.22. The lowest BCUT2D eigenvalue weighted by molar-refractivity contribution is 0.0951. The van der Waals surface area contributed by atoms with E-state index >= 15 is 0 Å². The second-order valence-electron chi connectivity index (χ2n) is 5.54. The molecule has 0 atom stereocenters. The van der Waals surface area contributed by atoms with Crippen molar-refractivity contribution in [2.45, 2.75) is 6.54 Å². The van der Waals surface area contributed by atoms with E-state index < -0.39 is 0 Å². The second-order valence-corrected chi connectivity index (χ2v) is 5.98. The van der Waals surface area contributed by atoms with Gasteiger partial charge in [-0.25, -0.2) is 0 Å². The molecule has 1 heterocycles. The molecule has 26 heavy (non-hydrogen) atoms. The van der Waals surface area contributed by atoms with Gasteiger partial charge in [0, 0.05) is 17.1 Å². The molecule has 0 spiro atoms. The van der Waals surface area contributed by atoms with E-state index in [4.69, 9.17) is 21.1 Å². The number of halogens is 1. The first-order valence-corrected chi connectivity index (χ1v) is 8.28. The van der Waals surface area contributed by atoms with E-state index in [1.165, 1.54) is 6.20 Å². The van der Waals surface area contributed by atoms with Crippen LogP contribution in [0.15, 0.2) is 48.7 Å². The molecule has 3 aromatic rings. The summed E-state index contributed by atoms with van der Waals surface area (Å²) in [6.45, 7) is 0.371. The fraction of sp³-hybridized carbons (Fsp3) is 0.158. The van der Waals surface area contributed by atoms with Crippen molar-refractivity contribution in [3.63, 3.8) is 0 Å². The molecule has 1 aromatic heterocycles. The van der Waals surface area contributed by atoms with Gasteiger partial charge >= 0.3 is 0 Å². The van der Waals surface area contributed by atoms with Crippen LogP contribution in [0.2, 0.25) is 5.02 Å². The summed E-state index contributed by atoms with van der Waals surface area (Å²) in [5, 5.41) is 10.4. The Balaban J connectivity index is 1.80. The van der Waals surface area contributed by atoms with Crippen LogP contribution in [0.1, 0.15) is 15.9 Å². The lowest BCUT2D eigenvalue weighted by Gasteiger charge is -2.10. The standard InChI is InChI=1S/C19H18ClN3O3/c1-25-16-7-6-13(9-17(16)26-2)18-15(11-22-23-18)19(24)21-10-12-4-3-5-14(20)8-12/h3-9,11H,10H2,1-2H3,(H,21,24)(H,22,23). The summed E-state index contributed by atoms with van der Waals surface area (Å²) < 4.78 is 10.6. The van der Waals surface area contributed by atoms with Gasteiger partial charge in [-0.15, -0.1) is 0 Å². The number of hydrogen-bond acceptors (Lipinski definition) is 4. The Morgan fingerprint density at radius 2 is 1.96 bits per heavy atom. The van der Waals surface area contributed by atoms with Crippen molar-refractivity contribution >= 4 is 17.5 Å². The average Bonchev–Trinajstić information content (AvgIpc) is 3.15. The number of benzene rings is 2. The van der Waals surface area contributed by atoms with Gasteiger partial charge in [-0.2, -0.15) is 5.10 Å². The number of hydrogen-bond donors (Lipinski definition) is 2. The van der Waals surface area contributed by atoms with Crippen molar-refractivity contribution in [1.82, 2.24) is 15.5 Å². The number of carbonyl (C=O) groups excluding carboxylic acids is 1. The van der Waals surface area contributed by atoms with Gasteiger partial charge in [-0.1, -0.05) is 23.7 Å². The number of ether oxygens (including phenoxy) is 2. The quantitative estimate of drug-likeness (QED) is 0.693. The van der Waals surface area contributed by atoms with E-state index in [-0.39, 0.29) is 5.91 Å². The third-order valence-electron chi connectivity index (χ3n) is 3.90. The Morgan fingerprint density at radius 3 is 2.69 bits per heavy atom. The highest BCUT2D eigenvalue weighted by Gasteiger charge is 2.16. The number of carbonyl (C=O) groups is 1. The zero-order valence-electron chi connectivity index (χ0n) is 14.4. The Hall–Kier alpha value is -2.99. The summed E-state index contributed by atoms with van der Waals surface area (Å²) in [4.78, 5) is 12.6. The highest BCUT2D eigenvalue weighted by atomic mass is 35.5. The van der Waals surface area contributed by atoms with E-state index in [1.807, 2.05) is 24.3 Å². The Labute approximate surface area is 156 Å². The summed E-state index contributed by atoms with van der Waals surface area (Å²) >= 11 is 5.97. The molecule has 3 rings (SSSR count). The molecule has 0 radical (unpaired) electrons. The molecule has 0 bridgehead atoms. The smallest absolute Gasteiger partial charge is 0.255 e. The highest BCUT2D eigenvalue weighted by molar-refractivity contribution is 6.30. The first-order valence-electron chi connectivity index (χ1n) is 7.90. The van der Waals surface area contributed by atoms with Gasteiger partial charge in [0.2, 0.25) is 0 Å². The summed E-state index contributed by atoms with van der Waals surface area (Å²) in [6, 6.07) is 12.8. The Kier molecular flexibility index (Phi) is 5.43. The van der Waals surface area contributed by atoms with Crippen molar-refractivity contribution in [2.24, 2.45) is 0 Å². The highest BCUT2D eigenvalue weighted by Crippen LogP contribution is 2.32. The molecule has 0 saturated heterocycles. The molecule has 7 heteroatoms. The molecule has 134 valence electrons. The van der Waals surface area contributed by atoms with Crippen LogP contribution in [0.4, 0.5) is 0 Å². The minimum Gasteiger partial charge on any atom is -0.493 e. The Bertz CT molecular complexity index is 924. The van der Waals surface area contributed by atoms with Crippen LogP contribution >= 0.6 is 11.6 Å². The van der Waals surface area contributed by atoms with E-state index in [1.54, 1.807) is 32.4 Å². The van der Waals surface area contributed by atoms with Gasteiger partial charge in [0.1, 0.15) is 0 Å². The molecule has 0 aliphatic heterocycles. The monoisotopic (exact) mass is 371 g/mol. The molecule has 2 aromatic carbocycles. The van der Waals surface area contributed by atoms with E-state index in [0.717, 1.165) is 11.1 Å². The SMILES string of the molecule is COc1ccc(-c2[nH]ncc2C(=O)NCc2cccc(Cl)c2)cc1OC. The molecule has 0 aliphatic carbocycles. The van der Waals surface area contributed by atoms with Crippen molar-refractivity contribution in [3.05, 3.63) is 64.8 Å². The maximum absolute atomic E-state index is 12.6. The van der Waals surface area contributed by atoms with Gasteiger partial charge in [0.05, 0.1) is 31.7 Å². The lowest BCUT2D eigenvalue weighted by atomic mass is 10.1. The average molecular weight is 372 g/mol. The molecule has 1 amide bonds. The third-order valence-corrected chi connectivity index (χ3v) is 4.13. The molecular formula is C19H18ClN3O3. The largest absolute Gasteiger partial charge is 0.493 e. The number of H-pyrrole nitrogens is 1. The van der Waals surface area contributed by atoms with Crippen molar-refractivity contribution in [2.75, 3.05) is 14.2 Å². The first kappa shape index (κ1) is 17.8. The van der Waals surface area contributed by atoms with Crippen molar-refractivity contribution < 1.29 is 14.3 Å². The minimum absolute atomic E-state index is 0.233. The number of amides is 1. The van der Waals surface area contributed by atoms with E-state index in [0.29, 0.717) is 34.3 Å². The summed E-state index contributed by atoms with van der Waals surface area (Å²) in [5.74, 6) is 0.955. The van der Waals surface area contributed by atoms with Crippen LogP contribution in [0.25, 0.3) is 11.3 Å². The fourth-order valence-electron chi connectivity index (χ4n) is 2.59. The van der Waals surface area contributed by atoms with Gasteiger partial charge in [0.25, 0.3) is 5.91 Å². The predicted molar refractivity (Wildman–Crippen MR) is 99.7 cm³/mol. The van der Waals surface area contributed by atoms with E-state index in [2.05, 4.69) is 15.5 Å². The van der Waals surface area contributed by atoms with Gasteiger partial charge < -0.3 is 14.8 Å². The summed E-state index contributed by atoms with van der Waals surface area (Å²) in [5.41, 5.74) is 2.74. The molecule has 0 saturated carbocycles. The fourth-order valence-corrected chi connectivity index (χ4v) is 2.81. The topological polar surface area (TPSA) is 76.2 Å². The third kappa shape index (κ3) is 3.81. The van der Waals surface area contributed by atoms with Crippen molar-refractivity contribution in [1.29, 1.82) is 0 Å². The van der Waals surface area contributed by atoms with Crippen LogP contribution in [0, 0.1) is 0 Å². The van der Waals surface area contributed by atoms with Gasteiger partial charge in [-0.3, -0.25) is 9.89 Å². The second kappa shape index (κ2) is 7.93. The van der Waals surface area contributed by atoms with Crippen LogP contribution in [0.5, 0.6) is 11.5 Å². The number of aromatic amines is 1. The number of nitrogens with zero attached hydrogens (tertiary/aromatic N) is 1. The van der Waals surface area contributed by atoms with Crippen LogP contribution in [-0.4, -0.2) is 30.3 Å². The van der Waals surface area contributed by atoms with Gasteiger partial charge in [0.15, 0.2) is 11.5 Å². The molecule has 6 nitrogen and oxygen atoms in total. The normalized spacial score (nSPS) is 10.4. The minimum atomic E-state index is -0.233. The number of rotatable bonds is 6. The molecular weight excluding hydrogens is 354 g/mol. The zero-order chi connectivity index (χ0) is 18.5. The number of methoxy groups -OCH3 is 2. The summed E-state index contributed by atoms with van der Waals surface area (Å²) in [7, 11) is 3.13. The summed E-state index contributed by atoms with van der Waals surface area (Å²) in [6.07, 6.45) is 1.50. The Morgan fingerprint density at radius 1 is 1.15 bits per heavy atom. The predicted octanol–water partition coefficient (Wildman–Crippen LogP) is 3.68. The van der Waals surface area contributed by atoms with Crippen LogP contribution < -0.4 is 14.8 Å². The maximum Gasteiger partial charge on any atom is 0.255 e. The van der Waals surface area contributed by atoms with Crippen molar-refractivity contribution in [3.8, 4) is 22.8 Å². The van der Waals surface area contributed by atoms with Crippen LogP contribution in [0.3, 0.4) is 0 Å². The molecule has 0 unspecified atom stereocenters. The first-order chi connectivity index (χ1) is 12.6. The van der Waals surface area contributed by atoms with Crippen LogP contribution in [-0.2, 0) is 6.54 Å². The number of aromatic nitrogens is 2. The molecule has 2 N–H and O–H groups in total. The van der Waals surface area contributed by atoms with Gasteiger partial charge in [-0.05, 0) is 35.9 Å². The maximum atomic E-state index is 12.6. The van der Waals surface area contributed by atoms with E-state index in [9.17, 15) is 4.79 Å². The molecule has 0 fully saturated rings.